The minimum atomic E-state index is -0.594. The fourth-order valence-corrected chi connectivity index (χ4v) is 1.69. The second-order valence-corrected chi connectivity index (χ2v) is 4.40. The van der Waals surface area contributed by atoms with Gasteiger partial charge in [-0.05, 0) is 18.2 Å². The maximum atomic E-state index is 13.0. The molecule has 0 aliphatic rings. The zero-order chi connectivity index (χ0) is 14.7. The number of nitrogens with one attached hydrogen (secondary N) is 1. The van der Waals surface area contributed by atoms with E-state index >= 15 is 0 Å². The molecule has 1 amide bonds. The summed E-state index contributed by atoms with van der Waals surface area (Å²) in [5.74, 6) is -1.06. The molecular weight excluding hydrogens is 287 g/mol. The first kappa shape index (κ1) is 14.0. The maximum Gasteiger partial charge on any atom is 0.348 e. The van der Waals surface area contributed by atoms with Crippen molar-refractivity contribution in [1.29, 1.82) is 0 Å². The number of anilines is 2. The molecule has 0 fully saturated rings. The number of amides is 1. The first-order chi connectivity index (χ1) is 9.45. The lowest BCUT2D eigenvalue weighted by Gasteiger charge is -2.08. The Kier molecular flexibility index (Phi) is 3.99. The van der Waals surface area contributed by atoms with Crippen LogP contribution in [-0.2, 0) is 11.3 Å². The van der Waals surface area contributed by atoms with Crippen LogP contribution in [0.2, 0.25) is 5.02 Å². The van der Waals surface area contributed by atoms with Crippen LogP contribution in [0, 0.1) is 5.82 Å². The van der Waals surface area contributed by atoms with E-state index in [-0.39, 0.29) is 17.3 Å². The number of nitrogens with two attached hydrogens (primary N) is 1. The number of aromatic nitrogens is 2. The predicted octanol–water partition coefficient (Wildman–Crippen LogP) is 1.26. The van der Waals surface area contributed by atoms with Gasteiger partial charge >= 0.3 is 5.69 Å². The van der Waals surface area contributed by atoms with Gasteiger partial charge < -0.3 is 11.1 Å². The highest BCUT2D eigenvalue weighted by Crippen LogP contribution is 2.16. The molecule has 0 atom stereocenters. The van der Waals surface area contributed by atoms with E-state index in [1.54, 1.807) is 0 Å². The molecule has 20 heavy (non-hydrogen) atoms. The van der Waals surface area contributed by atoms with Crippen molar-refractivity contribution in [2.45, 2.75) is 6.54 Å². The van der Waals surface area contributed by atoms with E-state index in [4.69, 9.17) is 17.3 Å². The van der Waals surface area contributed by atoms with Crippen LogP contribution in [0.15, 0.2) is 35.4 Å². The van der Waals surface area contributed by atoms with Gasteiger partial charge in [0.15, 0.2) is 0 Å². The third-order valence-electron chi connectivity index (χ3n) is 2.42. The average Bonchev–Trinajstić information content (AvgIpc) is 2.38. The molecule has 0 bridgehead atoms. The lowest BCUT2D eigenvalue weighted by atomic mass is 10.2. The van der Waals surface area contributed by atoms with Crippen LogP contribution in [0.3, 0.4) is 0 Å². The van der Waals surface area contributed by atoms with Gasteiger partial charge in [0.2, 0.25) is 5.91 Å². The third kappa shape index (κ3) is 3.33. The minimum Gasteiger partial charge on any atom is -0.396 e. The Balaban J connectivity index is 2.11. The number of carbonyl (C=O) groups is 1. The van der Waals surface area contributed by atoms with Gasteiger partial charge in [0, 0.05) is 11.9 Å². The predicted molar refractivity (Wildman–Crippen MR) is 72.9 cm³/mol. The molecule has 3 N–H and O–H groups in total. The Morgan fingerprint density at radius 1 is 1.50 bits per heavy atom. The first-order valence-corrected chi connectivity index (χ1v) is 5.90. The van der Waals surface area contributed by atoms with Gasteiger partial charge in [-0.3, -0.25) is 9.36 Å². The maximum absolute atomic E-state index is 13.0. The minimum absolute atomic E-state index is 0.0793. The molecule has 0 saturated heterocycles. The fraction of sp³-hybridized carbons (Fsp3) is 0.0833. The summed E-state index contributed by atoms with van der Waals surface area (Å²) in [6.45, 7) is -0.260. The van der Waals surface area contributed by atoms with Crippen molar-refractivity contribution in [1.82, 2.24) is 9.55 Å². The number of carbonyl (C=O) groups excluding carboxylic acids is 1. The van der Waals surface area contributed by atoms with Crippen LogP contribution >= 0.6 is 11.6 Å². The Hall–Kier alpha value is -2.41. The summed E-state index contributed by atoms with van der Waals surface area (Å²) in [5, 5.41) is 2.73. The monoisotopic (exact) mass is 296 g/mol. The van der Waals surface area contributed by atoms with Crippen LogP contribution in [0.4, 0.5) is 15.8 Å². The Morgan fingerprint density at radius 2 is 2.25 bits per heavy atom. The van der Waals surface area contributed by atoms with Crippen molar-refractivity contribution in [3.63, 3.8) is 0 Å². The molecule has 1 aromatic heterocycles. The SMILES string of the molecule is Nc1cc(NC(=O)Cn2cc(Cl)cnc2=O)ccc1F. The second kappa shape index (κ2) is 5.70. The van der Waals surface area contributed by atoms with Crippen LogP contribution in [0.1, 0.15) is 0 Å². The summed E-state index contributed by atoms with van der Waals surface area (Å²) in [7, 11) is 0. The quantitative estimate of drug-likeness (QED) is 0.834. The van der Waals surface area contributed by atoms with E-state index in [1.807, 2.05) is 0 Å². The molecule has 6 nitrogen and oxygen atoms in total. The second-order valence-electron chi connectivity index (χ2n) is 3.97. The molecule has 2 rings (SSSR count). The summed E-state index contributed by atoms with van der Waals surface area (Å²) in [5.41, 5.74) is 5.04. The Morgan fingerprint density at radius 3 is 2.95 bits per heavy atom. The summed E-state index contributed by atoms with van der Waals surface area (Å²) in [6.07, 6.45) is 2.49. The number of rotatable bonds is 3. The lowest BCUT2D eigenvalue weighted by molar-refractivity contribution is -0.116. The summed E-state index contributed by atoms with van der Waals surface area (Å²) >= 11 is 5.69. The molecule has 8 heteroatoms. The molecule has 0 spiro atoms. The summed E-state index contributed by atoms with van der Waals surface area (Å²) < 4.78 is 14.0. The van der Waals surface area contributed by atoms with Gasteiger partial charge in [-0.2, -0.15) is 0 Å². The van der Waals surface area contributed by atoms with Gasteiger partial charge in [0.25, 0.3) is 0 Å². The number of benzene rings is 1. The topological polar surface area (TPSA) is 90.0 Å². The molecule has 0 aliphatic carbocycles. The Labute approximate surface area is 118 Å². The average molecular weight is 297 g/mol. The highest BCUT2D eigenvalue weighted by molar-refractivity contribution is 6.30. The van der Waals surface area contributed by atoms with Crippen molar-refractivity contribution < 1.29 is 9.18 Å². The van der Waals surface area contributed by atoms with Gasteiger partial charge in [0.1, 0.15) is 12.4 Å². The van der Waals surface area contributed by atoms with Crippen molar-refractivity contribution >= 4 is 28.9 Å². The van der Waals surface area contributed by atoms with E-state index in [9.17, 15) is 14.0 Å². The molecule has 0 aliphatic heterocycles. The van der Waals surface area contributed by atoms with Gasteiger partial charge in [-0.1, -0.05) is 11.6 Å². The van der Waals surface area contributed by atoms with Gasteiger partial charge in [-0.15, -0.1) is 0 Å². The van der Waals surface area contributed by atoms with E-state index in [0.29, 0.717) is 5.69 Å². The number of nitrogen functional groups attached to an aromatic ring is 1. The molecule has 104 valence electrons. The largest absolute Gasteiger partial charge is 0.396 e. The number of hydrogen-bond acceptors (Lipinski definition) is 4. The molecule has 0 unspecified atom stereocenters. The van der Waals surface area contributed by atoms with Crippen LogP contribution in [-0.4, -0.2) is 15.5 Å². The molecule has 1 heterocycles. The zero-order valence-electron chi connectivity index (χ0n) is 10.1. The zero-order valence-corrected chi connectivity index (χ0v) is 10.9. The number of nitrogens with zero attached hydrogens (tertiary/aromatic N) is 2. The molecule has 1 aromatic carbocycles. The summed E-state index contributed by atoms with van der Waals surface area (Å²) in [4.78, 5) is 26.7. The van der Waals surface area contributed by atoms with E-state index in [0.717, 1.165) is 10.6 Å². The molecule has 0 saturated carbocycles. The standard InChI is InChI=1S/C12H10ClFN4O2/c13-7-4-16-12(20)18(5-7)6-11(19)17-8-1-2-9(14)10(15)3-8/h1-5H,6,15H2,(H,17,19). The molecular formula is C12H10ClFN4O2. The van der Waals surface area contributed by atoms with Crippen LogP contribution < -0.4 is 16.7 Å². The number of hydrogen-bond donors (Lipinski definition) is 2. The van der Waals surface area contributed by atoms with Crippen molar-refractivity contribution in [3.05, 3.63) is 51.9 Å². The van der Waals surface area contributed by atoms with E-state index in [2.05, 4.69) is 10.3 Å². The van der Waals surface area contributed by atoms with Crippen molar-refractivity contribution in [2.75, 3.05) is 11.1 Å². The van der Waals surface area contributed by atoms with E-state index < -0.39 is 17.4 Å². The van der Waals surface area contributed by atoms with Gasteiger partial charge in [0.05, 0.1) is 16.9 Å². The summed E-state index contributed by atoms with van der Waals surface area (Å²) in [6, 6.07) is 3.78. The highest BCUT2D eigenvalue weighted by Gasteiger charge is 2.07. The van der Waals surface area contributed by atoms with Crippen molar-refractivity contribution in [2.24, 2.45) is 0 Å². The smallest absolute Gasteiger partial charge is 0.348 e. The lowest BCUT2D eigenvalue weighted by Crippen LogP contribution is -2.28. The third-order valence-corrected chi connectivity index (χ3v) is 2.61. The van der Waals surface area contributed by atoms with Gasteiger partial charge in [-0.25, -0.2) is 14.2 Å². The Bertz CT molecular complexity index is 717. The van der Waals surface area contributed by atoms with Crippen LogP contribution in [0.5, 0.6) is 0 Å². The van der Waals surface area contributed by atoms with E-state index in [1.165, 1.54) is 24.5 Å². The highest BCUT2D eigenvalue weighted by atomic mass is 35.5. The normalized spacial score (nSPS) is 10.3. The first-order valence-electron chi connectivity index (χ1n) is 5.52. The fourth-order valence-electron chi connectivity index (χ4n) is 1.52. The van der Waals surface area contributed by atoms with Crippen LogP contribution in [0.25, 0.3) is 0 Å². The molecule has 0 radical (unpaired) electrons. The van der Waals surface area contributed by atoms with Crippen molar-refractivity contribution in [3.8, 4) is 0 Å². The molecule has 2 aromatic rings. The number of halogens is 2.